The number of nitrogens with two attached hydrogens (primary N) is 1. The van der Waals surface area contributed by atoms with E-state index in [-0.39, 0.29) is 5.75 Å². The number of fused-ring (bicyclic) bond motifs is 1. The van der Waals surface area contributed by atoms with Gasteiger partial charge in [-0.2, -0.15) is 0 Å². The van der Waals surface area contributed by atoms with E-state index in [9.17, 15) is 8.42 Å². The fourth-order valence-electron chi connectivity index (χ4n) is 3.00. The zero-order valence-corrected chi connectivity index (χ0v) is 9.88. The molecule has 0 aromatic carbocycles. The summed E-state index contributed by atoms with van der Waals surface area (Å²) in [5, 5.41) is 4.97. The molecule has 1 heterocycles. The number of nitrogens with zero attached hydrogens (tertiary/aromatic N) is 1. The van der Waals surface area contributed by atoms with Crippen LogP contribution >= 0.6 is 0 Å². The second kappa shape index (κ2) is 4.39. The lowest BCUT2D eigenvalue weighted by atomic mass is 10.0. The minimum Gasteiger partial charge on any atom is -0.303 e. The number of sulfonamides is 1. The van der Waals surface area contributed by atoms with Crippen LogP contribution in [0.4, 0.5) is 0 Å². The van der Waals surface area contributed by atoms with Crippen molar-refractivity contribution in [2.75, 3.05) is 25.4 Å². The van der Waals surface area contributed by atoms with Crippen LogP contribution in [0.15, 0.2) is 0 Å². The molecule has 0 amide bonds. The summed E-state index contributed by atoms with van der Waals surface area (Å²) >= 11 is 0. The Bertz CT molecular complexity index is 303. The molecule has 0 spiro atoms. The number of rotatable bonds is 4. The maximum absolute atomic E-state index is 10.8. The van der Waals surface area contributed by atoms with Gasteiger partial charge in [0.15, 0.2) is 0 Å². The number of hydrogen-bond acceptors (Lipinski definition) is 3. The number of hydrogen-bond donors (Lipinski definition) is 1. The highest BCUT2D eigenvalue weighted by atomic mass is 32.2. The first kappa shape index (κ1) is 11.4. The summed E-state index contributed by atoms with van der Waals surface area (Å²) in [6, 6.07) is 0. The molecular weight excluding hydrogens is 212 g/mol. The first-order valence-electron chi connectivity index (χ1n) is 5.77. The molecule has 2 fully saturated rings. The lowest BCUT2D eigenvalue weighted by Crippen LogP contribution is -2.26. The Morgan fingerprint density at radius 3 is 2.33 bits per heavy atom. The molecule has 1 saturated carbocycles. The molecule has 2 aliphatic rings. The predicted molar refractivity (Wildman–Crippen MR) is 59.9 cm³/mol. The van der Waals surface area contributed by atoms with Crippen LogP contribution in [-0.4, -0.2) is 38.7 Å². The summed E-state index contributed by atoms with van der Waals surface area (Å²) in [6.45, 7) is 3.24. The van der Waals surface area contributed by atoms with Gasteiger partial charge in [0.05, 0.1) is 5.75 Å². The van der Waals surface area contributed by atoms with Crippen LogP contribution < -0.4 is 5.14 Å². The second-order valence-electron chi connectivity index (χ2n) is 4.93. The Hall–Kier alpha value is -0.130. The minimum atomic E-state index is -3.26. The third kappa shape index (κ3) is 3.16. The zero-order chi connectivity index (χ0) is 10.9. The third-order valence-corrected chi connectivity index (χ3v) is 4.56. The van der Waals surface area contributed by atoms with E-state index in [4.69, 9.17) is 5.14 Å². The molecule has 0 aromatic rings. The lowest BCUT2D eigenvalue weighted by Gasteiger charge is -2.15. The molecule has 2 rings (SSSR count). The van der Waals surface area contributed by atoms with E-state index >= 15 is 0 Å². The van der Waals surface area contributed by atoms with Crippen molar-refractivity contribution >= 4 is 10.0 Å². The molecule has 2 atom stereocenters. The molecular formula is C10H20N2O2S. The normalized spacial score (nSPS) is 32.1. The predicted octanol–water partition coefficient (Wildman–Crippen LogP) is 0.397. The van der Waals surface area contributed by atoms with Gasteiger partial charge in [-0.05, 0) is 37.6 Å². The second-order valence-corrected chi connectivity index (χ2v) is 6.67. The highest BCUT2D eigenvalue weighted by molar-refractivity contribution is 7.89. The van der Waals surface area contributed by atoms with Gasteiger partial charge in [-0.3, -0.25) is 0 Å². The maximum atomic E-state index is 10.8. The van der Waals surface area contributed by atoms with Crippen molar-refractivity contribution < 1.29 is 8.42 Å². The molecule has 1 aliphatic heterocycles. The Labute approximate surface area is 91.9 Å². The summed E-state index contributed by atoms with van der Waals surface area (Å²) in [7, 11) is -3.26. The van der Waals surface area contributed by atoms with Crippen molar-refractivity contribution in [1.29, 1.82) is 0 Å². The van der Waals surface area contributed by atoms with E-state index in [0.717, 1.165) is 18.4 Å². The van der Waals surface area contributed by atoms with Crippen LogP contribution in [0.2, 0.25) is 0 Å². The van der Waals surface area contributed by atoms with Gasteiger partial charge in [-0.1, -0.05) is 6.42 Å². The summed E-state index contributed by atoms with van der Waals surface area (Å²) in [6.07, 6.45) is 4.81. The molecule has 88 valence electrons. The molecule has 0 radical (unpaired) electrons. The molecule has 0 aromatic heterocycles. The quantitative estimate of drug-likeness (QED) is 0.763. The van der Waals surface area contributed by atoms with E-state index in [0.29, 0.717) is 6.42 Å². The van der Waals surface area contributed by atoms with Crippen LogP contribution in [0.5, 0.6) is 0 Å². The van der Waals surface area contributed by atoms with Gasteiger partial charge in [-0.15, -0.1) is 0 Å². The monoisotopic (exact) mass is 232 g/mol. The van der Waals surface area contributed by atoms with Gasteiger partial charge in [0.2, 0.25) is 10.0 Å². The Morgan fingerprint density at radius 2 is 1.80 bits per heavy atom. The highest BCUT2D eigenvalue weighted by Gasteiger charge is 2.35. The Kier molecular flexibility index (Phi) is 3.33. The van der Waals surface area contributed by atoms with Gasteiger partial charge < -0.3 is 4.90 Å². The summed E-state index contributed by atoms with van der Waals surface area (Å²) in [5.41, 5.74) is 0. The fourth-order valence-corrected chi connectivity index (χ4v) is 3.54. The standard InChI is InChI=1S/C10H20N2O2S/c11-15(13,14)6-2-5-12-7-9-3-1-4-10(9)8-12/h9-10H,1-8H2,(H2,11,13,14). The topological polar surface area (TPSA) is 63.4 Å². The molecule has 4 nitrogen and oxygen atoms in total. The van der Waals surface area contributed by atoms with Crippen molar-refractivity contribution in [2.24, 2.45) is 17.0 Å². The smallest absolute Gasteiger partial charge is 0.209 e. The number of primary sulfonamides is 1. The average molecular weight is 232 g/mol. The Balaban J connectivity index is 1.69. The van der Waals surface area contributed by atoms with Crippen molar-refractivity contribution in [1.82, 2.24) is 4.90 Å². The largest absolute Gasteiger partial charge is 0.303 e. The first-order chi connectivity index (χ1) is 7.04. The van der Waals surface area contributed by atoms with Crippen LogP contribution in [0.1, 0.15) is 25.7 Å². The van der Waals surface area contributed by atoms with Gasteiger partial charge in [-0.25, -0.2) is 13.6 Å². The van der Waals surface area contributed by atoms with Gasteiger partial charge in [0, 0.05) is 13.1 Å². The van der Waals surface area contributed by atoms with E-state index in [2.05, 4.69) is 4.90 Å². The molecule has 1 saturated heterocycles. The van der Waals surface area contributed by atoms with Crippen LogP contribution in [0.25, 0.3) is 0 Å². The average Bonchev–Trinajstić information content (AvgIpc) is 2.60. The van der Waals surface area contributed by atoms with Crippen LogP contribution in [0.3, 0.4) is 0 Å². The maximum Gasteiger partial charge on any atom is 0.209 e. The van der Waals surface area contributed by atoms with Crippen LogP contribution in [-0.2, 0) is 10.0 Å². The molecule has 15 heavy (non-hydrogen) atoms. The van der Waals surface area contributed by atoms with E-state index < -0.39 is 10.0 Å². The SMILES string of the molecule is NS(=O)(=O)CCCN1CC2CCCC2C1. The minimum absolute atomic E-state index is 0.124. The Morgan fingerprint density at radius 1 is 1.20 bits per heavy atom. The van der Waals surface area contributed by atoms with Crippen molar-refractivity contribution in [3.63, 3.8) is 0 Å². The van der Waals surface area contributed by atoms with Gasteiger partial charge in [0.25, 0.3) is 0 Å². The van der Waals surface area contributed by atoms with Crippen molar-refractivity contribution in [3.05, 3.63) is 0 Å². The summed E-state index contributed by atoms with van der Waals surface area (Å²) < 4.78 is 21.5. The van der Waals surface area contributed by atoms with E-state index in [1.165, 1.54) is 32.4 Å². The van der Waals surface area contributed by atoms with Gasteiger partial charge in [0.1, 0.15) is 0 Å². The summed E-state index contributed by atoms with van der Waals surface area (Å²) in [4.78, 5) is 2.40. The third-order valence-electron chi connectivity index (χ3n) is 3.71. The highest BCUT2D eigenvalue weighted by Crippen LogP contribution is 2.37. The van der Waals surface area contributed by atoms with Crippen molar-refractivity contribution in [3.8, 4) is 0 Å². The lowest BCUT2D eigenvalue weighted by molar-refractivity contribution is 0.312. The zero-order valence-electron chi connectivity index (χ0n) is 9.06. The molecule has 1 aliphatic carbocycles. The van der Waals surface area contributed by atoms with Crippen molar-refractivity contribution in [2.45, 2.75) is 25.7 Å². The van der Waals surface area contributed by atoms with Crippen LogP contribution in [0, 0.1) is 11.8 Å². The van der Waals surface area contributed by atoms with E-state index in [1.807, 2.05) is 0 Å². The first-order valence-corrected chi connectivity index (χ1v) is 7.49. The molecule has 2 N–H and O–H groups in total. The van der Waals surface area contributed by atoms with E-state index in [1.54, 1.807) is 0 Å². The van der Waals surface area contributed by atoms with Gasteiger partial charge >= 0.3 is 0 Å². The fraction of sp³-hybridized carbons (Fsp3) is 1.00. The number of likely N-dealkylation sites (tertiary alicyclic amines) is 1. The molecule has 5 heteroatoms. The molecule has 2 unspecified atom stereocenters. The summed E-state index contributed by atoms with van der Waals surface area (Å²) in [5.74, 6) is 1.90. The molecule has 0 bridgehead atoms.